The van der Waals surface area contributed by atoms with Crippen molar-refractivity contribution in [1.29, 1.82) is 0 Å². The lowest BCUT2D eigenvalue weighted by Gasteiger charge is -2.11. The van der Waals surface area contributed by atoms with Crippen molar-refractivity contribution in [2.75, 3.05) is 11.8 Å². The van der Waals surface area contributed by atoms with E-state index in [0.717, 1.165) is 28.0 Å². The average molecular weight is 496 g/mol. The predicted octanol–water partition coefficient (Wildman–Crippen LogP) is 4.97. The van der Waals surface area contributed by atoms with Gasteiger partial charge in [-0.25, -0.2) is 8.42 Å². The van der Waals surface area contributed by atoms with Gasteiger partial charge in [-0.15, -0.1) is 0 Å². The Morgan fingerprint density at radius 2 is 1.82 bits per heavy atom. The van der Waals surface area contributed by atoms with Crippen molar-refractivity contribution in [3.05, 3.63) is 82.7 Å². The number of sulfonamides is 1. The van der Waals surface area contributed by atoms with Crippen LogP contribution in [0.15, 0.2) is 76.6 Å². The number of aromatic nitrogens is 1. The summed E-state index contributed by atoms with van der Waals surface area (Å²) in [6.07, 6.45) is 0.858. The van der Waals surface area contributed by atoms with Gasteiger partial charge in [0.15, 0.2) is 4.80 Å². The van der Waals surface area contributed by atoms with Crippen LogP contribution in [0.25, 0.3) is 10.2 Å². The molecule has 3 aromatic carbocycles. The predicted molar refractivity (Wildman–Crippen MR) is 135 cm³/mol. The molecule has 0 bridgehead atoms. The van der Waals surface area contributed by atoms with Crippen LogP contribution in [-0.2, 0) is 16.6 Å². The van der Waals surface area contributed by atoms with E-state index in [1.807, 2.05) is 29.7 Å². The van der Waals surface area contributed by atoms with Gasteiger partial charge < -0.3 is 9.30 Å². The number of para-hydroxylation sites is 1. The highest BCUT2D eigenvalue weighted by Crippen LogP contribution is 2.24. The van der Waals surface area contributed by atoms with E-state index in [4.69, 9.17) is 4.74 Å². The molecule has 0 aliphatic heterocycles. The van der Waals surface area contributed by atoms with Gasteiger partial charge in [0.2, 0.25) is 0 Å². The molecule has 0 fully saturated rings. The summed E-state index contributed by atoms with van der Waals surface area (Å²) in [5.74, 6) is 0.203. The number of thiazole rings is 1. The molecule has 1 aromatic heterocycles. The summed E-state index contributed by atoms with van der Waals surface area (Å²) in [5, 5.41) is 0. The summed E-state index contributed by atoms with van der Waals surface area (Å²) < 4.78 is 36.6. The molecule has 34 heavy (non-hydrogen) atoms. The number of anilines is 1. The Labute approximate surface area is 202 Å². The van der Waals surface area contributed by atoms with Crippen LogP contribution in [-0.4, -0.2) is 26.0 Å². The van der Waals surface area contributed by atoms with Crippen molar-refractivity contribution in [3.63, 3.8) is 0 Å². The van der Waals surface area contributed by atoms with Gasteiger partial charge in [0, 0.05) is 12.6 Å². The molecule has 176 valence electrons. The standard InChI is InChI=1S/C25H25N3O4S2/c1-4-15-28-22-16-18(32-3)11-14-23(22)33-25(28)26-24(29)20-7-5-6-8-21(20)27-34(30,31)19-12-9-17(2)10-13-19/h5-14,16,27H,4,15H2,1-3H3. The Bertz CT molecular complexity index is 1520. The maximum Gasteiger partial charge on any atom is 0.281 e. The molecule has 4 aromatic rings. The Balaban J connectivity index is 1.74. The van der Waals surface area contributed by atoms with Gasteiger partial charge in [-0.05, 0) is 49.7 Å². The van der Waals surface area contributed by atoms with E-state index < -0.39 is 15.9 Å². The summed E-state index contributed by atoms with van der Waals surface area (Å²) in [6.45, 7) is 4.62. The number of fused-ring (bicyclic) bond motifs is 1. The molecular weight excluding hydrogens is 470 g/mol. The van der Waals surface area contributed by atoms with Crippen LogP contribution >= 0.6 is 11.3 Å². The molecule has 1 N–H and O–H groups in total. The van der Waals surface area contributed by atoms with Gasteiger partial charge in [-0.2, -0.15) is 4.99 Å². The molecule has 0 unspecified atom stereocenters. The molecule has 9 heteroatoms. The molecule has 0 radical (unpaired) electrons. The second-order valence-electron chi connectivity index (χ2n) is 7.75. The molecular formula is C25H25N3O4S2. The van der Waals surface area contributed by atoms with Gasteiger partial charge in [0.1, 0.15) is 5.75 Å². The quantitative estimate of drug-likeness (QED) is 0.392. The minimum Gasteiger partial charge on any atom is -0.497 e. The highest BCUT2D eigenvalue weighted by molar-refractivity contribution is 7.92. The number of carbonyl (C=O) groups is 1. The topological polar surface area (TPSA) is 89.8 Å². The van der Waals surface area contributed by atoms with Crippen LogP contribution < -0.4 is 14.3 Å². The lowest BCUT2D eigenvalue weighted by molar-refractivity contribution is 0.0998. The number of nitrogens with zero attached hydrogens (tertiary/aromatic N) is 2. The summed E-state index contributed by atoms with van der Waals surface area (Å²) in [7, 11) is -2.25. The number of amides is 1. The molecule has 0 aliphatic carbocycles. The van der Waals surface area contributed by atoms with Gasteiger partial charge in [0.05, 0.1) is 33.5 Å². The van der Waals surface area contributed by atoms with Crippen LogP contribution in [0.4, 0.5) is 5.69 Å². The van der Waals surface area contributed by atoms with E-state index >= 15 is 0 Å². The van der Waals surface area contributed by atoms with E-state index in [2.05, 4.69) is 16.6 Å². The van der Waals surface area contributed by atoms with Crippen LogP contribution in [0.2, 0.25) is 0 Å². The van der Waals surface area contributed by atoms with Gasteiger partial charge in [0.25, 0.3) is 15.9 Å². The minimum atomic E-state index is -3.86. The first kappa shape index (κ1) is 23.7. The Hall–Kier alpha value is -3.43. The third kappa shape index (κ3) is 4.90. The lowest BCUT2D eigenvalue weighted by Crippen LogP contribution is -2.18. The number of hydrogen-bond acceptors (Lipinski definition) is 5. The first-order valence-corrected chi connectivity index (χ1v) is 13.1. The molecule has 0 spiro atoms. The maximum atomic E-state index is 13.2. The number of carbonyl (C=O) groups excluding carboxylic acids is 1. The molecule has 0 saturated heterocycles. The molecule has 0 saturated carbocycles. The van der Waals surface area contributed by atoms with Crippen LogP contribution in [0.1, 0.15) is 29.3 Å². The zero-order valence-electron chi connectivity index (χ0n) is 19.1. The van der Waals surface area contributed by atoms with Crippen LogP contribution in [0, 0.1) is 6.92 Å². The molecule has 0 aliphatic rings. The van der Waals surface area contributed by atoms with Crippen molar-refractivity contribution >= 4 is 43.2 Å². The number of methoxy groups -OCH3 is 1. The highest BCUT2D eigenvalue weighted by Gasteiger charge is 2.19. The number of hydrogen-bond donors (Lipinski definition) is 1. The monoisotopic (exact) mass is 495 g/mol. The van der Waals surface area contributed by atoms with Gasteiger partial charge in [-0.3, -0.25) is 9.52 Å². The number of benzene rings is 3. The van der Waals surface area contributed by atoms with Crippen molar-refractivity contribution in [2.24, 2.45) is 4.99 Å². The zero-order chi connectivity index (χ0) is 24.3. The molecule has 7 nitrogen and oxygen atoms in total. The van der Waals surface area contributed by atoms with E-state index in [1.165, 1.54) is 23.5 Å². The first-order chi connectivity index (χ1) is 16.3. The van der Waals surface area contributed by atoms with E-state index in [0.29, 0.717) is 11.3 Å². The van der Waals surface area contributed by atoms with Crippen LogP contribution in [0.3, 0.4) is 0 Å². The van der Waals surface area contributed by atoms with E-state index in [-0.39, 0.29) is 16.1 Å². The molecule has 4 rings (SSSR count). The SMILES string of the molecule is CCCn1c(=NC(=O)c2ccccc2NS(=O)(=O)c2ccc(C)cc2)sc2ccc(OC)cc21. The third-order valence-electron chi connectivity index (χ3n) is 5.27. The van der Waals surface area contributed by atoms with E-state index in [9.17, 15) is 13.2 Å². The smallest absolute Gasteiger partial charge is 0.281 e. The van der Waals surface area contributed by atoms with Crippen molar-refractivity contribution in [1.82, 2.24) is 4.57 Å². The number of nitrogens with one attached hydrogen (secondary N) is 1. The normalized spacial score (nSPS) is 12.1. The Kier molecular flexibility index (Phi) is 6.85. The summed E-state index contributed by atoms with van der Waals surface area (Å²) >= 11 is 1.40. The lowest BCUT2D eigenvalue weighted by atomic mass is 10.2. The molecule has 1 amide bonds. The van der Waals surface area contributed by atoms with E-state index in [1.54, 1.807) is 43.5 Å². The Morgan fingerprint density at radius 1 is 1.09 bits per heavy atom. The van der Waals surface area contributed by atoms with Crippen molar-refractivity contribution < 1.29 is 17.9 Å². The minimum absolute atomic E-state index is 0.122. The fraction of sp³-hybridized carbons (Fsp3) is 0.200. The largest absolute Gasteiger partial charge is 0.497 e. The molecule has 0 atom stereocenters. The van der Waals surface area contributed by atoms with Crippen LogP contribution in [0.5, 0.6) is 5.75 Å². The number of rotatable bonds is 7. The zero-order valence-corrected chi connectivity index (χ0v) is 20.7. The summed E-state index contributed by atoms with van der Waals surface area (Å²) in [6, 6.07) is 18.7. The number of ether oxygens (including phenoxy) is 1. The van der Waals surface area contributed by atoms with Crippen molar-refractivity contribution in [2.45, 2.75) is 31.7 Å². The van der Waals surface area contributed by atoms with Gasteiger partial charge >= 0.3 is 0 Å². The summed E-state index contributed by atoms with van der Waals surface area (Å²) in [5.41, 5.74) is 2.25. The second-order valence-corrected chi connectivity index (χ2v) is 10.4. The maximum absolute atomic E-state index is 13.2. The van der Waals surface area contributed by atoms with Gasteiger partial charge in [-0.1, -0.05) is 48.1 Å². The Morgan fingerprint density at radius 3 is 2.53 bits per heavy atom. The fourth-order valence-corrected chi connectivity index (χ4v) is 5.64. The first-order valence-electron chi connectivity index (χ1n) is 10.8. The third-order valence-corrected chi connectivity index (χ3v) is 7.71. The average Bonchev–Trinajstić information content (AvgIpc) is 3.15. The molecule has 1 heterocycles. The fourth-order valence-electron chi connectivity index (χ4n) is 3.53. The number of aryl methyl sites for hydroxylation is 2. The highest BCUT2D eigenvalue weighted by atomic mass is 32.2. The van der Waals surface area contributed by atoms with Crippen molar-refractivity contribution in [3.8, 4) is 5.75 Å². The summed E-state index contributed by atoms with van der Waals surface area (Å²) in [4.78, 5) is 18.3. The second kappa shape index (κ2) is 9.82.